The first-order chi connectivity index (χ1) is 11.4. The van der Waals surface area contributed by atoms with Crippen molar-refractivity contribution in [2.45, 2.75) is 13.8 Å². The molecule has 0 heterocycles. The molecule has 130 valence electrons. The minimum Gasteiger partial charge on any atom is -0.483 e. The van der Waals surface area contributed by atoms with Crippen molar-refractivity contribution in [2.75, 3.05) is 27.8 Å². The number of rotatable bonds is 4. The van der Waals surface area contributed by atoms with Gasteiger partial charge in [0.2, 0.25) is 0 Å². The van der Waals surface area contributed by atoms with Crippen molar-refractivity contribution in [1.82, 2.24) is 4.90 Å². The molecule has 2 aromatic rings. The summed E-state index contributed by atoms with van der Waals surface area (Å²) in [5, 5.41) is 2.21. The molecule has 0 radical (unpaired) electrons. The normalized spacial score (nSPS) is 9.75. The van der Waals surface area contributed by atoms with E-state index in [9.17, 15) is 9.59 Å². The molecule has 0 unspecified atom stereocenters. The number of carbonyl (C=O) groups excluding carboxylic acids is 2. The first kappa shape index (κ1) is 19.8. The number of amides is 1. The van der Waals surface area contributed by atoms with Crippen LogP contribution < -0.4 is 4.74 Å². The van der Waals surface area contributed by atoms with Gasteiger partial charge in [0, 0.05) is 19.1 Å². The van der Waals surface area contributed by atoms with Crippen molar-refractivity contribution in [3.05, 3.63) is 40.9 Å². The molecule has 0 aromatic heterocycles. The fraction of sp³-hybridized carbons (Fsp3) is 0.333. The molecule has 0 aliphatic heterocycles. The second kappa shape index (κ2) is 9.13. The maximum absolute atomic E-state index is 11.9. The molecule has 2 aromatic carbocycles. The summed E-state index contributed by atoms with van der Waals surface area (Å²) in [6, 6.07) is 8.65. The van der Waals surface area contributed by atoms with Gasteiger partial charge in [-0.15, -0.1) is 0 Å². The van der Waals surface area contributed by atoms with Crippen molar-refractivity contribution in [3.63, 3.8) is 0 Å². The lowest BCUT2D eigenvalue weighted by Gasteiger charge is -2.14. The minimum absolute atomic E-state index is 0.157. The van der Waals surface area contributed by atoms with Crippen molar-refractivity contribution >= 4 is 34.2 Å². The topological polar surface area (TPSA) is 55.8 Å². The van der Waals surface area contributed by atoms with Crippen molar-refractivity contribution in [2.24, 2.45) is 0 Å². The van der Waals surface area contributed by atoms with Crippen LogP contribution in [0.4, 0.5) is 0 Å². The van der Waals surface area contributed by atoms with E-state index in [0.29, 0.717) is 10.8 Å². The molecular weight excluding hydrogens is 330 g/mol. The monoisotopic (exact) mass is 351 g/mol. The molecule has 0 fully saturated rings. The van der Waals surface area contributed by atoms with E-state index in [1.807, 2.05) is 19.9 Å². The van der Waals surface area contributed by atoms with Gasteiger partial charge in [0.15, 0.2) is 6.61 Å². The maximum atomic E-state index is 11.9. The zero-order chi connectivity index (χ0) is 18.3. The second-order valence-corrected chi connectivity index (χ2v) is 5.34. The quantitative estimate of drug-likeness (QED) is 0.787. The molecule has 0 spiro atoms. The highest BCUT2D eigenvalue weighted by Gasteiger charge is 2.16. The number of fused-ring (bicyclic) bond motifs is 1. The molecule has 6 heteroatoms. The molecule has 0 saturated heterocycles. The predicted molar refractivity (Wildman–Crippen MR) is 95.8 cm³/mol. The van der Waals surface area contributed by atoms with Gasteiger partial charge in [-0.05, 0) is 35.0 Å². The summed E-state index contributed by atoms with van der Waals surface area (Å²) in [7, 11) is 4.56. The van der Waals surface area contributed by atoms with Crippen LogP contribution >= 0.6 is 11.6 Å². The molecule has 2 rings (SSSR count). The molecule has 0 aliphatic rings. The number of nitrogens with zero attached hydrogens (tertiary/aromatic N) is 1. The van der Waals surface area contributed by atoms with Crippen LogP contribution in [0.5, 0.6) is 5.75 Å². The molecule has 0 aliphatic carbocycles. The van der Waals surface area contributed by atoms with Crippen LogP contribution in [0.2, 0.25) is 5.02 Å². The van der Waals surface area contributed by atoms with Gasteiger partial charge in [-0.3, -0.25) is 4.79 Å². The number of ether oxygens (including phenoxy) is 2. The molecule has 0 bridgehead atoms. The Morgan fingerprint density at radius 2 is 1.75 bits per heavy atom. The standard InChI is InChI=1S/C16H16ClNO4.C2H6/c1-18(2)15(19)9-22-14-8-10-4-5-12(17)6-11(10)7-13(14)16(20)21-3;1-2/h4-8H,9H2,1-3H3;1-2H3. The lowest BCUT2D eigenvalue weighted by Crippen LogP contribution is -2.27. The van der Waals surface area contributed by atoms with Crippen LogP contribution in [0.3, 0.4) is 0 Å². The van der Waals surface area contributed by atoms with Gasteiger partial charge in [0.25, 0.3) is 5.91 Å². The van der Waals surface area contributed by atoms with E-state index >= 15 is 0 Å². The van der Waals surface area contributed by atoms with Crippen molar-refractivity contribution < 1.29 is 19.1 Å². The van der Waals surface area contributed by atoms with E-state index in [1.165, 1.54) is 12.0 Å². The summed E-state index contributed by atoms with van der Waals surface area (Å²) < 4.78 is 10.3. The lowest BCUT2D eigenvalue weighted by atomic mass is 10.1. The molecule has 24 heavy (non-hydrogen) atoms. The Kier molecular flexibility index (Phi) is 7.52. The molecule has 0 atom stereocenters. The smallest absolute Gasteiger partial charge is 0.341 e. The summed E-state index contributed by atoms with van der Waals surface area (Å²) in [6.07, 6.45) is 0. The largest absolute Gasteiger partial charge is 0.483 e. The van der Waals surface area contributed by atoms with Crippen molar-refractivity contribution in [3.8, 4) is 5.75 Å². The van der Waals surface area contributed by atoms with Gasteiger partial charge >= 0.3 is 5.97 Å². The van der Waals surface area contributed by atoms with E-state index in [-0.39, 0.29) is 18.1 Å². The third kappa shape index (κ3) is 4.86. The number of hydrogen-bond donors (Lipinski definition) is 0. The zero-order valence-electron chi connectivity index (χ0n) is 14.6. The number of halogens is 1. The highest BCUT2D eigenvalue weighted by atomic mass is 35.5. The van der Waals surface area contributed by atoms with E-state index in [0.717, 1.165) is 10.8 Å². The zero-order valence-corrected chi connectivity index (χ0v) is 15.3. The number of benzene rings is 2. The Morgan fingerprint density at radius 3 is 2.33 bits per heavy atom. The fourth-order valence-electron chi connectivity index (χ4n) is 1.91. The molecular formula is C18H22ClNO4. The van der Waals surface area contributed by atoms with E-state index < -0.39 is 5.97 Å². The van der Waals surface area contributed by atoms with Crippen LogP contribution in [-0.2, 0) is 9.53 Å². The maximum Gasteiger partial charge on any atom is 0.341 e. The van der Waals surface area contributed by atoms with E-state index in [1.54, 1.807) is 38.4 Å². The van der Waals surface area contributed by atoms with Gasteiger partial charge in [0.05, 0.1) is 7.11 Å². The third-order valence-electron chi connectivity index (χ3n) is 3.16. The summed E-state index contributed by atoms with van der Waals surface area (Å²) in [4.78, 5) is 25.0. The summed E-state index contributed by atoms with van der Waals surface area (Å²) in [5.41, 5.74) is 0.254. The first-order valence-corrected chi connectivity index (χ1v) is 7.94. The number of likely N-dealkylation sites (N-methyl/N-ethyl adjacent to an activating group) is 1. The van der Waals surface area contributed by atoms with Gasteiger partial charge in [0.1, 0.15) is 11.3 Å². The van der Waals surface area contributed by atoms with Crippen LogP contribution in [0.1, 0.15) is 24.2 Å². The average molecular weight is 352 g/mol. The summed E-state index contributed by atoms with van der Waals surface area (Å²) in [5.74, 6) is -0.432. The minimum atomic E-state index is -0.533. The Hall–Kier alpha value is -2.27. The van der Waals surface area contributed by atoms with Crippen LogP contribution in [-0.4, -0.2) is 44.6 Å². The van der Waals surface area contributed by atoms with Crippen LogP contribution in [0.15, 0.2) is 30.3 Å². The lowest BCUT2D eigenvalue weighted by molar-refractivity contribution is -0.130. The predicted octanol–water partition coefficient (Wildman–Crippen LogP) is 3.77. The van der Waals surface area contributed by atoms with Gasteiger partial charge < -0.3 is 14.4 Å². The number of hydrogen-bond acceptors (Lipinski definition) is 4. The highest BCUT2D eigenvalue weighted by molar-refractivity contribution is 6.31. The molecule has 0 saturated carbocycles. The van der Waals surface area contributed by atoms with E-state index in [2.05, 4.69) is 0 Å². The SMILES string of the molecule is CC.COC(=O)c1cc2cc(Cl)ccc2cc1OCC(=O)N(C)C. The number of methoxy groups -OCH3 is 1. The molecule has 1 amide bonds. The van der Waals surface area contributed by atoms with Crippen LogP contribution in [0, 0.1) is 0 Å². The van der Waals surface area contributed by atoms with Gasteiger partial charge in [-0.2, -0.15) is 0 Å². The van der Waals surface area contributed by atoms with Crippen LogP contribution in [0.25, 0.3) is 10.8 Å². The Bertz CT molecular complexity index is 728. The molecule has 0 N–H and O–H groups in total. The Morgan fingerprint density at radius 1 is 1.08 bits per heavy atom. The summed E-state index contributed by atoms with van der Waals surface area (Å²) in [6.45, 7) is 3.84. The first-order valence-electron chi connectivity index (χ1n) is 7.57. The van der Waals surface area contributed by atoms with Gasteiger partial charge in [-0.1, -0.05) is 31.5 Å². The fourth-order valence-corrected chi connectivity index (χ4v) is 2.09. The summed E-state index contributed by atoms with van der Waals surface area (Å²) >= 11 is 5.96. The number of carbonyl (C=O) groups is 2. The Balaban J connectivity index is 0.00000139. The average Bonchev–Trinajstić information content (AvgIpc) is 2.59. The second-order valence-electron chi connectivity index (χ2n) is 4.91. The van der Waals surface area contributed by atoms with Crippen molar-refractivity contribution in [1.29, 1.82) is 0 Å². The third-order valence-corrected chi connectivity index (χ3v) is 3.39. The highest BCUT2D eigenvalue weighted by Crippen LogP contribution is 2.28. The number of esters is 1. The van der Waals surface area contributed by atoms with E-state index in [4.69, 9.17) is 21.1 Å². The Labute approximate surface area is 147 Å². The molecule has 5 nitrogen and oxygen atoms in total. The van der Waals surface area contributed by atoms with Gasteiger partial charge in [-0.25, -0.2) is 4.79 Å².